The molecule has 3 heteroatoms. The van der Waals surface area contributed by atoms with Crippen LogP contribution in [0.25, 0.3) is 0 Å². The lowest BCUT2D eigenvalue weighted by Gasteiger charge is -2.03. The summed E-state index contributed by atoms with van der Waals surface area (Å²) in [6.07, 6.45) is 1.64. The zero-order valence-corrected chi connectivity index (χ0v) is 8.90. The predicted octanol–water partition coefficient (Wildman–Crippen LogP) is 3.03. The van der Waals surface area contributed by atoms with Crippen molar-refractivity contribution in [2.45, 2.75) is 12.8 Å². The zero-order chi connectivity index (χ0) is 8.97. The maximum Gasteiger partial charge on any atom is 0.0550 e. The van der Waals surface area contributed by atoms with E-state index in [1.165, 1.54) is 0 Å². The molecule has 0 saturated carbocycles. The average Bonchev–Trinajstić information content (AvgIpc) is 2.08. The van der Waals surface area contributed by atoms with E-state index in [0.717, 1.165) is 27.9 Å². The van der Waals surface area contributed by atoms with Crippen LogP contribution < -0.4 is 0 Å². The van der Waals surface area contributed by atoms with Crippen molar-refractivity contribution in [3.63, 3.8) is 0 Å². The molecule has 0 fully saturated rings. The fourth-order valence-electron chi connectivity index (χ4n) is 1.01. The third kappa shape index (κ3) is 2.47. The fourth-order valence-corrected chi connectivity index (χ4v) is 1.67. The Morgan fingerprint density at radius 1 is 1.42 bits per heavy atom. The highest BCUT2D eigenvalue weighted by Gasteiger charge is 2.02. The maximum absolute atomic E-state index is 8.64. The first-order valence-corrected chi connectivity index (χ1v) is 4.96. The summed E-state index contributed by atoms with van der Waals surface area (Å²) in [6.45, 7) is 0.221. The molecule has 12 heavy (non-hydrogen) atoms. The molecule has 0 unspecified atom stereocenters. The summed E-state index contributed by atoms with van der Waals surface area (Å²) in [5.74, 6) is 0. The van der Waals surface area contributed by atoms with Gasteiger partial charge in [0.15, 0.2) is 0 Å². The molecular weight excluding hydrogens is 239 g/mol. The number of aliphatic hydroxyl groups excluding tert-OH is 1. The number of hydrogen-bond donors (Lipinski definition) is 1. The molecule has 0 amide bonds. The molecule has 0 aliphatic rings. The van der Waals surface area contributed by atoms with Gasteiger partial charge in [0.2, 0.25) is 0 Å². The number of benzene rings is 1. The normalized spacial score (nSPS) is 10.2. The van der Waals surface area contributed by atoms with Gasteiger partial charge in [0.1, 0.15) is 0 Å². The summed E-state index contributed by atoms with van der Waals surface area (Å²) in [7, 11) is 0. The molecule has 0 atom stereocenters. The number of halogens is 2. The van der Waals surface area contributed by atoms with Gasteiger partial charge in [0.25, 0.3) is 0 Å². The van der Waals surface area contributed by atoms with E-state index in [1.807, 2.05) is 18.2 Å². The molecule has 0 aliphatic heterocycles. The highest BCUT2D eigenvalue weighted by molar-refractivity contribution is 9.10. The first-order chi connectivity index (χ1) is 5.75. The Balaban J connectivity index is 2.78. The molecular formula is C9H10BrClO. The van der Waals surface area contributed by atoms with Gasteiger partial charge in [-0.15, -0.1) is 0 Å². The van der Waals surface area contributed by atoms with Gasteiger partial charge >= 0.3 is 0 Å². The second-order valence-electron chi connectivity index (χ2n) is 2.54. The van der Waals surface area contributed by atoms with Crippen LogP contribution >= 0.6 is 27.5 Å². The topological polar surface area (TPSA) is 20.2 Å². The molecule has 0 bridgehead atoms. The highest BCUT2D eigenvalue weighted by atomic mass is 79.9. The van der Waals surface area contributed by atoms with Crippen molar-refractivity contribution in [2.24, 2.45) is 0 Å². The number of aliphatic hydroxyl groups is 1. The summed E-state index contributed by atoms with van der Waals surface area (Å²) < 4.78 is 0.945. The van der Waals surface area contributed by atoms with Crippen molar-refractivity contribution >= 4 is 27.5 Å². The molecule has 0 radical (unpaired) electrons. The van der Waals surface area contributed by atoms with Crippen molar-refractivity contribution in [1.29, 1.82) is 0 Å². The van der Waals surface area contributed by atoms with Gasteiger partial charge < -0.3 is 5.11 Å². The van der Waals surface area contributed by atoms with Crippen molar-refractivity contribution in [3.05, 3.63) is 33.3 Å². The monoisotopic (exact) mass is 248 g/mol. The van der Waals surface area contributed by atoms with E-state index in [0.29, 0.717) is 0 Å². The van der Waals surface area contributed by atoms with Crippen LogP contribution in [0.5, 0.6) is 0 Å². The number of rotatable bonds is 3. The molecule has 0 aliphatic carbocycles. The first-order valence-electron chi connectivity index (χ1n) is 3.79. The van der Waals surface area contributed by atoms with Crippen molar-refractivity contribution in [2.75, 3.05) is 6.61 Å². The number of aryl methyl sites for hydroxylation is 1. The largest absolute Gasteiger partial charge is 0.396 e. The van der Waals surface area contributed by atoms with Crippen molar-refractivity contribution in [1.82, 2.24) is 0 Å². The van der Waals surface area contributed by atoms with E-state index >= 15 is 0 Å². The van der Waals surface area contributed by atoms with Gasteiger partial charge in [-0.1, -0.05) is 23.7 Å². The Morgan fingerprint density at radius 3 is 2.83 bits per heavy atom. The SMILES string of the molecule is OCCCc1cccc(Cl)c1Br. The molecule has 1 nitrogen and oxygen atoms in total. The second-order valence-corrected chi connectivity index (χ2v) is 3.74. The maximum atomic E-state index is 8.64. The standard InChI is InChI=1S/C9H10BrClO/c10-9-7(4-2-6-12)3-1-5-8(9)11/h1,3,5,12H,2,4,6H2. The van der Waals surface area contributed by atoms with Gasteiger partial charge in [-0.25, -0.2) is 0 Å². The Hall–Kier alpha value is -0.0500. The van der Waals surface area contributed by atoms with Gasteiger partial charge in [-0.2, -0.15) is 0 Å². The summed E-state index contributed by atoms with van der Waals surface area (Å²) >= 11 is 9.28. The fraction of sp³-hybridized carbons (Fsp3) is 0.333. The Bertz CT molecular complexity index is 263. The van der Waals surface area contributed by atoms with Crippen molar-refractivity contribution < 1.29 is 5.11 Å². The first kappa shape index (κ1) is 10.0. The quantitative estimate of drug-likeness (QED) is 0.873. The summed E-state index contributed by atoms with van der Waals surface area (Å²) in [4.78, 5) is 0. The van der Waals surface area contributed by atoms with Crippen LogP contribution in [-0.2, 0) is 6.42 Å². The molecule has 0 aromatic heterocycles. The van der Waals surface area contributed by atoms with Crippen LogP contribution in [0, 0.1) is 0 Å². The lowest BCUT2D eigenvalue weighted by molar-refractivity contribution is 0.288. The van der Waals surface area contributed by atoms with E-state index in [4.69, 9.17) is 16.7 Å². The summed E-state index contributed by atoms with van der Waals surface area (Å²) in [6, 6.07) is 5.76. The van der Waals surface area contributed by atoms with E-state index in [1.54, 1.807) is 0 Å². The number of hydrogen-bond acceptors (Lipinski definition) is 1. The zero-order valence-electron chi connectivity index (χ0n) is 6.56. The Morgan fingerprint density at radius 2 is 2.17 bits per heavy atom. The minimum atomic E-state index is 0.221. The van der Waals surface area contributed by atoms with Gasteiger partial charge in [-0.3, -0.25) is 0 Å². The van der Waals surface area contributed by atoms with E-state index in [9.17, 15) is 0 Å². The molecule has 1 aromatic rings. The molecule has 1 aromatic carbocycles. The Labute approximate surface area is 85.5 Å². The molecule has 0 heterocycles. The second kappa shape index (κ2) is 4.85. The van der Waals surface area contributed by atoms with E-state index in [2.05, 4.69) is 15.9 Å². The van der Waals surface area contributed by atoms with Crippen LogP contribution in [0.2, 0.25) is 5.02 Å². The van der Waals surface area contributed by atoms with Gasteiger partial charge in [0.05, 0.1) is 5.02 Å². The summed E-state index contributed by atoms with van der Waals surface area (Å²) in [5.41, 5.74) is 1.15. The van der Waals surface area contributed by atoms with Gasteiger partial charge in [0, 0.05) is 11.1 Å². The molecule has 1 N–H and O–H groups in total. The third-order valence-electron chi connectivity index (χ3n) is 1.64. The van der Waals surface area contributed by atoms with Crippen LogP contribution in [0.3, 0.4) is 0 Å². The molecule has 0 saturated heterocycles. The lowest BCUT2D eigenvalue weighted by atomic mass is 10.1. The molecule has 66 valence electrons. The molecule has 1 rings (SSSR count). The van der Waals surface area contributed by atoms with Crippen LogP contribution in [0.4, 0.5) is 0 Å². The van der Waals surface area contributed by atoms with Gasteiger partial charge in [-0.05, 0) is 40.4 Å². The van der Waals surface area contributed by atoms with Crippen LogP contribution in [-0.4, -0.2) is 11.7 Å². The predicted molar refractivity (Wildman–Crippen MR) is 54.6 cm³/mol. The highest BCUT2D eigenvalue weighted by Crippen LogP contribution is 2.26. The van der Waals surface area contributed by atoms with E-state index in [-0.39, 0.29) is 6.61 Å². The van der Waals surface area contributed by atoms with Crippen molar-refractivity contribution in [3.8, 4) is 0 Å². The lowest BCUT2D eigenvalue weighted by Crippen LogP contribution is -1.90. The smallest absolute Gasteiger partial charge is 0.0550 e. The minimum absolute atomic E-state index is 0.221. The van der Waals surface area contributed by atoms with Crippen LogP contribution in [0.1, 0.15) is 12.0 Å². The minimum Gasteiger partial charge on any atom is -0.396 e. The average molecular weight is 250 g/mol. The molecule has 0 spiro atoms. The third-order valence-corrected chi connectivity index (χ3v) is 3.12. The van der Waals surface area contributed by atoms with Crippen LogP contribution in [0.15, 0.2) is 22.7 Å². The van der Waals surface area contributed by atoms with E-state index < -0.39 is 0 Å². The Kier molecular flexibility index (Phi) is 4.06. The summed E-state index contributed by atoms with van der Waals surface area (Å²) in [5, 5.41) is 9.37.